The summed E-state index contributed by atoms with van der Waals surface area (Å²) in [6, 6.07) is 7.15. The molecule has 0 saturated carbocycles. The third-order valence-corrected chi connectivity index (χ3v) is 6.53. The maximum absolute atomic E-state index is 13.0. The Kier molecular flexibility index (Phi) is 4.50. The summed E-state index contributed by atoms with van der Waals surface area (Å²) in [5.41, 5.74) is 0.606. The Morgan fingerprint density at radius 1 is 1.17 bits per heavy atom. The summed E-state index contributed by atoms with van der Waals surface area (Å²) >= 11 is 0. The average Bonchev–Trinajstić information content (AvgIpc) is 3.38. The van der Waals surface area contributed by atoms with Gasteiger partial charge in [0.2, 0.25) is 12.7 Å². The topological polar surface area (TPSA) is 88.0 Å². The number of aliphatic hydroxyl groups excluding tert-OH is 1. The van der Waals surface area contributed by atoms with Gasteiger partial charge in [0.15, 0.2) is 11.5 Å². The first-order valence-corrected chi connectivity index (χ1v) is 10.0. The molecule has 1 N–H and O–H groups in total. The van der Waals surface area contributed by atoms with Crippen molar-refractivity contribution in [2.45, 2.75) is 12.8 Å². The third-order valence-electron chi connectivity index (χ3n) is 6.53. The second kappa shape index (κ2) is 7.18. The lowest BCUT2D eigenvalue weighted by molar-refractivity contribution is 0.0416. The smallest absolute Gasteiger partial charge is 0.253 e. The van der Waals surface area contributed by atoms with Crippen LogP contribution in [-0.2, 0) is 0 Å². The number of amides is 1. The van der Waals surface area contributed by atoms with Crippen molar-refractivity contribution >= 4 is 11.9 Å². The average molecular weight is 396 g/mol. The molecule has 1 amide bonds. The number of aliphatic hydroxyl groups is 1. The van der Waals surface area contributed by atoms with Crippen LogP contribution in [0.5, 0.6) is 11.5 Å². The highest BCUT2D eigenvalue weighted by molar-refractivity contribution is 5.95. The summed E-state index contributed by atoms with van der Waals surface area (Å²) in [5.74, 6) is 2.19. The second-order valence-corrected chi connectivity index (χ2v) is 8.03. The van der Waals surface area contributed by atoms with E-state index in [2.05, 4.69) is 14.9 Å². The highest BCUT2D eigenvalue weighted by Gasteiger charge is 2.48. The predicted molar refractivity (Wildman–Crippen MR) is 105 cm³/mol. The van der Waals surface area contributed by atoms with Gasteiger partial charge in [0.25, 0.3) is 5.91 Å². The Hall–Kier alpha value is -2.87. The molecule has 29 heavy (non-hydrogen) atoms. The van der Waals surface area contributed by atoms with Crippen molar-refractivity contribution in [2.24, 2.45) is 11.3 Å². The molecule has 2 saturated heterocycles. The van der Waals surface area contributed by atoms with Crippen LogP contribution >= 0.6 is 0 Å². The molecule has 8 nitrogen and oxygen atoms in total. The number of hydrogen-bond acceptors (Lipinski definition) is 7. The molecule has 3 aliphatic heterocycles. The van der Waals surface area contributed by atoms with Crippen LogP contribution in [0, 0.1) is 11.3 Å². The number of nitrogens with zero attached hydrogens (tertiary/aromatic N) is 4. The van der Waals surface area contributed by atoms with Crippen molar-refractivity contribution < 1.29 is 19.4 Å². The van der Waals surface area contributed by atoms with E-state index in [0.29, 0.717) is 36.1 Å². The molecule has 1 aromatic carbocycles. The van der Waals surface area contributed by atoms with Gasteiger partial charge in [0.1, 0.15) is 0 Å². The molecule has 3 aliphatic rings. The first-order chi connectivity index (χ1) is 14.2. The quantitative estimate of drug-likeness (QED) is 0.842. The summed E-state index contributed by atoms with van der Waals surface area (Å²) < 4.78 is 10.7. The summed E-state index contributed by atoms with van der Waals surface area (Å²) in [6.07, 6.45) is 5.21. The molecule has 1 unspecified atom stereocenters. The molecule has 0 radical (unpaired) electrons. The zero-order valence-corrected chi connectivity index (χ0v) is 16.2. The number of piperidine rings is 1. The standard InChI is InChI=1S/C21H24N4O4/c26-12-16-11-25(20-22-6-1-7-23-20)13-21(16)4-8-24(9-5-21)19(27)15-2-3-17-18(10-15)29-14-28-17/h1-3,6-7,10,16,26H,4-5,8-9,11-14H2. The Morgan fingerprint density at radius 2 is 1.93 bits per heavy atom. The van der Waals surface area contributed by atoms with Gasteiger partial charge in [-0.05, 0) is 42.5 Å². The van der Waals surface area contributed by atoms with Crippen molar-refractivity contribution in [2.75, 3.05) is 44.5 Å². The van der Waals surface area contributed by atoms with Gasteiger partial charge >= 0.3 is 0 Å². The minimum absolute atomic E-state index is 0.0138. The van der Waals surface area contributed by atoms with E-state index in [1.807, 2.05) is 4.90 Å². The van der Waals surface area contributed by atoms with Crippen molar-refractivity contribution in [1.29, 1.82) is 0 Å². The highest BCUT2D eigenvalue weighted by atomic mass is 16.7. The number of hydrogen-bond donors (Lipinski definition) is 1. The van der Waals surface area contributed by atoms with Crippen molar-refractivity contribution in [3.05, 3.63) is 42.2 Å². The van der Waals surface area contributed by atoms with E-state index in [1.165, 1.54) is 0 Å². The molecule has 4 heterocycles. The molecule has 2 fully saturated rings. The lowest BCUT2D eigenvalue weighted by Gasteiger charge is -2.42. The normalized spacial score (nSPS) is 22.3. The minimum atomic E-state index is -0.0143. The Balaban J connectivity index is 1.28. The summed E-state index contributed by atoms with van der Waals surface area (Å²) in [4.78, 5) is 25.8. The van der Waals surface area contributed by atoms with Gasteiger partial charge in [-0.3, -0.25) is 4.79 Å². The number of fused-ring (bicyclic) bond motifs is 1. The number of carbonyl (C=O) groups excluding carboxylic acids is 1. The van der Waals surface area contributed by atoms with Crippen molar-refractivity contribution in [3.8, 4) is 11.5 Å². The van der Waals surface area contributed by atoms with Crippen LogP contribution in [0.15, 0.2) is 36.7 Å². The SMILES string of the molecule is O=C(c1ccc2c(c1)OCO2)N1CCC2(CC1)CN(c1ncccn1)CC2CO. The molecular formula is C21H24N4O4. The fourth-order valence-corrected chi connectivity index (χ4v) is 4.83. The zero-order chi connectivity index (χ0) is 19.8. The number of ether oxygens (including phenoxy) is 2. The summed E-state index contributed by atoms with van der Waals surface area (Å²) in [5, 5.41) is 10.0. The number of anilines is 1. The Morgan fingerprint density at radius 3 is 2.69 bits per heavy atom. The predicted octanol–water partition coefficient (Wildman–Crippen LogP) is 1.56. The first kappa shape index (κ1) is 18.2. The number of benzene rings is 1. The second-order valence-electron chi connectivity index (χ2n) is 8.03. The van der Waals surface area contributed by atoms with Crippen LogP contribution in [0.25, 0.3) is 0 Å². The van der Waals surface area contributed by atoms with E-state index in [-0.39, 0.29) is 30.6 Å². The Labute approximate surface area is 169 Å². The first-order valence-electron chi connectivity index (χ1n) is 10.0. The van der Waals surface area contributed by atoms with Gasteiger partial charge in [-0.25, -0.2) is 9.97 Å². The summed E-state index contributed by atoms with van der Waals surface area (Å²) in [6.45, 7) is 3.24. The maximum atomic E-state index is 13.0. The number of likely N-dealkylation sites (tertiary alicyclic amines) is 1. The molecule has 1 aromatic heterocycles. The molecule has 0 aliphatic carbocycles. The minimum Gasteiger partial charge on any atom is -0.454 e. The van der Waals surface area contributed by atoms with E-state index in [0.717, 1.165) is 25.9 Å². The van der Waals surface area contributed by atoms with E-state index in [4.69, 9.17) is 9.47 Å². The van der Waals surface area contributed by atoms with Crippen LogP contribution in [-0.4, -0.2) is 65.5 Å². The lowest BCUT2D eigenvalue weighted by Crippen LogP contribution is -2.47. The van der Waals surface area contributed by atoms with Crippen LogP contribution < -0.4 is 14.4 Å². The van der Waals surface area contributed by atoms with Gasteiger partial charge < -0.3 is 24.4 Å². The lowest BCUT2D eigenvalue weighted by atomic mass is 9.71. The van der Waals surface area contributed by atoms with Gasteiger partial charge in [-0.2, -0.15) is 0 Å². The van der Waals surface area contributed by atoms with Crippen LogP contribution in [0.2, 0.25) is 0 Å². The van der Waals surface area contributed by atoms with Crippen LogP contribution in [0.4, 0.5) is 5.95 Å². The summed E-state index contributed by atoms with van der Waals surface area (Å²) in [7, 11) is 0. The molecule has 1 spiro atoms. The van der Waals surface area contributed by atoms with Crippen molar-refractivity contribution in [1.82, 2.24) is 14.9 Å². The zero-order valence-electron chi connectivity index (χ0n) is 16.2. The largest absolute Gasteiger partial charge is 0.454 e. The Bertz CT molecular complexity index is 899. The fourth-order valence-electron chi connectivity index (χ4n) is 4.83. The third kappa shape index (κ3) is 3.17. The van der Waals surface area contributed by atoms with Crippen molar-refractivity contribution in [3.63, 3.8) is 0 Å². The van der Waals surface area contributed by atoms with E-state index >= 15 is 0 Å². The molecule has 5 rings (SSSR count). The van der Waals surface area contributed by atoms with Crippen LogP contribution in [0.1, 0.15) is 23.2 Å². The molecule has 0 bridgehead atoms. The number of rotatable bonds is 3. The van der Waals surface area contributed by atoms with E-state index in [1.54, 1.807) is 36.7 Å². The van der Waals surface area contributed by atoms with Crippen LogP contribution in [0.3, 0.4) is 0 Å². The van der Waals surface area contributed by atoms with E-state index in [9.17, 15) is 9.90 Å². The maximum Gasteiger partial charge on any atom is 0.253 e. The van der Waals surface area contributed by atoms with Gasteiger partial charge in [-0.1, -0.05) is 0 Å². The highest BCUT2D eigenvalue weighted by Crippen LogP contribution is 2.45. The molecule has 2 aromatic rings. The van der Waals surface area contributed by atoms with E-state index < -0.39 is 0 Å². The molecule has 152 valence electrons. The van der Waals surface area contributed by atoms with Gasteiger partial charge in [0, 0.05) is 56.7 Å². The fraction of sp³-hybridized carbons (Fsp3) is 0.476. The molecular weight excluding hydrogens is 372 g/mol. The molecule has 1 atom stereocenters. The number of carbonyl (C=O) groups is 1. The van der Waals surface area contributed by atoms with Gasteiger partial charge in [0.05, 0.1) is 0 Å². The van der Waals surface area contributed by atoms with Gasteiger partial charge in [-0.15, -0.1) is 0 Å². The molecule has 8 heteroatoms. The number of aromatic nitrogens is 2. The monoisotopic (exact) mass is 396 g/mol.